The molecule has 0 aromatic heterocycles. The van der Waals surface area contributed by atoms with Crippen LogP contribution in [0.15, 0.2) is 4.99 Å². The molecule has 1 atom stereocenters. The lowest BCUT2D eigenvalue weighted by molar-refractivity contribution is -0.525. The van der Waals surface area contributed by atoms with E-state index in [-0.39, 0.29) is 18.4 Å². The van der Waals surface area contributed by atoms with Gasteiger partial charge in [-0.1, -0.05) is 57.3 Å². The Labute approximate surface area is 155 Å². The minimum atomic E-state index is -0.793. The van der Waals surface area contributed by atoms with Crippen LogP contribution < -0.4 is 16.5 Å². The van der Waals surface area contributed by atoms with E-state index in [1.807, 2.05) is 0 Å². The average Bonchev–Trinajstić information content (AvgIpc) is 2.59. The van der Waals surface area contributed by atoms with Gasteiger partial charge in [0, 0.05) is 13.0 Å². The first kappa shape index (κ1) is 23.8. The predicted octanol–water partition coefficient (Wildman–Crippen LogP) is 2.08. The van der Waals surface area contributed by atoms with Gasteiger partial charge in [-0.05, 0) is 19.3 Å². The van der Waals surface area contributed by atoms with E-state index in [1.165, 1.54) is 32.1 Å². The number of nitrogens with zero attached hydrogens (tertiary/aromatic N) is 2. The Morgan fingerprint density at radius 2 is 1.77 bits per heavy atom. The summed E-state index contributed by atoms with van der Waals surface area (Å²) in [6.45, 7) is 2.44. The van der Waals surface area contributed by atoms with Crippen molar-refractivity contribution in [2.24, 2.45) is 10.7 Å². The zero-order valence-electron chi connectivity index (χ0n) is 15.7. The average molecular weight is 371 g/mol. The van der Waals surface area contributed by atoms with Crippen LogP contribution in [0.5, 0.6) is 0 Å². The van der Waals surface area contributed by atoms with Gasteiger partial charge < -0.3 is 15.8 Å². The number of aldehydes is 1. The molecule has 150 valence electrons. The van der Waals surface area contributed by atoms with E-state index < -0.39 is 11.1 Å². The second-order valence-electron chi connectivity index (χ2n) is 6.31. The second kappa shape index (κ2) is 16.3. The molecule has 4 N–H and O–H groups in total. The molecular formula is C17H33N5O4. The summed E-state index contributed by atoms with van der Waals surface area (Å²) in [4.78, 5) is 36.8. The number of nitrogens with one attached hydrogen (secondary N) is 2. The summed E-state index contributed by atoms with van der Waals surface area (Å²) in [7, 11) is 0. The van der Waals surface area contributed by atoms with Crippen molar-refractivity contribution in [3.63, 3.8) is 0 Å². The molecule has 26 heavy (non-hydrogen) atoms. The zero-order valence-corrected chi connectivity index (χ0v) is 15.7. The lowest BCUT2D eigenvalue weighted by Gasteiger charge is -2.12. The van der Waals surface area contributed by atoms with Crippen molar-refractivity contribution < 1.29 is 14.6 Å². The monoisotopic (exact) mass is 371 g/mol. The third-order valence-corrected chi connectivity index (χ3v) is 3.93. The minimum absolute atomic E-state index is 0.119. The Morgan fingerprint density at radius 3 is 2.35 bits per heavy atom. The smallest absolute Gasteiger partial charge is 0.251 e. The zero-order chi connectivity index (χ0) is 19.6. The summed E-state index contributed by atoms with van der Waals surface area (Å²) in [5.41, 5.74) is 7.01. The molecule has 0 rings (SSSR count). The van der Waals surface area contributed by atoms with Gasteiger partial charge in [-0.15, -0.1) is 0 Å². The molecule has 0 aromatic rings. The molecule has 0 spiro atoms. The highest BCUT2D eigenvalue weighted by molar-refractivity contribution is 5.79. The number of hydrogen-bond acceptors (Lipinski definition) is 5. The molecule has 1 amide bonds. The summed E-state index contributed by atoms with van der Waals surface area (Å²) in [5.74, 6) is -0.400. The molecule has 0 aliphatic carbocycles. The standard InChI is InChI=1S/C17H33N5O4/c1-2-3-4-5-6-7-8-9-12-16(24)20-15(14-23)11-10-13-19-17(18)21-22(25)26/h14-15H,2-13H2,1H3,(H,20,24)(H3,18,19,21). The van der Waals surface area contributed by atoms with Crippen molar-refractivity contribution in [2.75, 3.05) is 6.54 Å². The SMILES string of the molecule is CCCCCCCCCCC(=O)NC(C=O)CCCN=C(N)N[N+](=O)[O-]. The van der Waals surface area contributed by atoms with Gasteiger partial charge in [-0.3, -0.25) is 4.79 Å². The highest BCUT2D eigenvalue weighted by atomic mass is 16.7. The minimum Gasteiger partial charge on any atom is -0.365 e. The first-order chi connectivity index (χ1) is 12.5. The normalized spacial score (nSPS) is 12.4. The number of aliphatic imine (C=N–C) groups is 1. The van der Waals surface area contributed by atoms with Crippen LogP contribution in [-0.2, 0) is 9.59 Å². The molecule has 9 nitrogen and oxygen atoms in total. The predicted molar refractivity (Wildman–Crippen MR) is 101 cm³/mol. The van der Waals surface area contributed by atoms with Crippen LogP contribution in [0.4, 0.5) is 0 Å². The number of carbonyl (C=O) groups is 2. The van der Waals surface area contributed by atoms with Gasteiger partial charge in [0.1, 0.15) is 6.29 Å². The highest BCUT2D eigenvalue weighted by Gasteiger charge is 2.10. The molecule has 1 unspecified atom stereocenters. The molecule has 0 aliphatic rings. The number of hydrogen-bond donors (Lipinski definition) is 3. The maximum Gasteiger partial charge on any atom is 0.251 e. The molecule has 0 radical (unpaired) electrons. The quantitative estimate of drug-likeness (QED) is 0.0947. The van der Waals surface area contributed by atoms with Crippen molar-refractivity contribution in [1.82, 2.24) is 10.7 Å². The molecule has 9 heteroatoms. The molecular weight excluding hydrogens is 338 g/mol. The van der Waals surface area contributed by atoms with Gasteiger partial charge in [0.05, 0.1) is 6.04 Å². The number of nitro groups is 1. The Hall–Kier alpha value is -2.19. The molecule has 0 heterocycles. The molecule has 0 fully saturated rings. The fourth-order valence-electron chi connectivity index (χ4n) is 2.51. The van der Waals surface area contributed by atoms with Gasteiger partial charge in [0.15, 0.2) is 5.03 Å². The number of nitrogens with two attached hydrogens (primary N) is 1. The van der Waals surface area contributed by atoms with Crippen LogP contribution in [-0.4, -0.2) is 35.8 Å². The van der Waals surface area contributed by atoms with Gasteiger partial charge in [-0.2, -0.15) is 0 Å². The summed E-state index contributed by atoms with van der Waals surface area (Å²) in [6, 6.07) is -0.559. The number of rotatable bonds is 16. The van der Waals surface area contributed by atoms with E-state index in [0.29, 0.717) is 25.5 Å². The van der Waals surface area contributed by atoms with Gasteiger partial charge >= 0.3 is 0 Å². The maximum absolute atomic E-state index is 11.8. The van der Waals surface area contributed by atoms with Gasteiger partial charge in [0.25, 0.3) is 5.96 Å². The first-order valence-corrected chi connectivity index (χ1v) is 9.45. The van der Waals surface area contributed by atoms with Crippen molar-refractivity contribution in [3.8, 4) is 0 Å². The van der Waals surface area contributed by atoms with Crippen LogP contribution >= 0.6 is 0 Å². The lowest BCUT2D eigenvalue weighted by Crippen LogP contribution is -2.37. The van der Waals surface area contributed by atoms with Crippen LogP contribution in [0, 0.1) is 10.1 Å². The molecule has 0 aliphatic heterocycles. The number of amides is 1. The topological polar surface area (TPSA) is 140 Å². The van der Waals surface area contributed by atoms with E-state index in [4.69, 9.17) is 5.73 Å². The van der Waals surface area contributed by atoms with E-state index >= 15 is 0 Å². The van der Waals surface area contributed by atoms with E-state index in [1.54, 1.807) is 5.43 Å². The summed E-state index contributed by atoms with van der Waals surface area (Å²) >= 11 is 0. The molecule has 0 saturated carbocycles. The third kappa shape index (κ3) is 15.3. The van der Waals surface area contributed by atoms with E-state index in [9.17, 15) is 19.7 Å². The van der Waals surface area contributed by atoms with Crippen molar-refractivity contribution >= 4 is 18.2 Å². The molecule has 0 bridgehead atoms. The van der Waals surface area contributed by atoms with E-state index in [2.05, 4.69) is 17.2 Å². The Bertz CT molecular complexity index is 443. The Balaban J connectivity index is 3.76. The van der Waals surface area contributed by atoms with Crippen molar-refractivity contribution in [3.05, 3.63) is 10.1 Å². The Morgan fingerprint density at radius 1 is 1.15 bits per heavy atom. The summed E-state index contributed by atoms with van der Waals surface area (Å²) in [5, 5.41) is 12.0. The number of hydrazine groups is 1. The molecule has 0 saturated heterocycles. The number of carbonyl (C=O) groups excluding carboxylic acids is 2. The van der Waals surface area contributed by atoms with Crippen LogP contribution in [0.3, 0.4) is 0 Å². The summed E-state index contributed by atoms with van der Waals surface area (Å²) < 4.78 is 0. The number of guanidine groups is 1. The third-order valence-electron chi connectivity index (χ3n) is 3.93. The van der Waals surface area contributed by atoms with Crippen molar-refractivity contribution in [1.29, 1.82) is 0 Å². The largest absolute Gasteiger partial charge is 0.365 e. The van der Waals surface area contributed by atoms with Gasteiger partial charge in [0.2, 0.25) is 5.91 Å². The maximum atomic E-state index is 11.8. The van der Waals surface area contributed by atoms with E-state index in [0.717, 1.165) is 19.3 Å². The summed E-state index contributed by atoms with van der Waals surface area (Å²) in [6.07, 6.45) is 11.3. The Kier molecular flexibility index (Phi) is 14.9. The first-order valence-electron chi connectivity index (χ1n) is 9.45. The van der Waals surface area contributed by atoms with Crippen LogP contribution in [0.25, 0.3) is 0 Å². The lowest BCUT2D eigenvalue weighted by atomic mass is 10.1. The van der Waals surface area contributed by atoms with Crippen LogP contribution in [0.1, 0.15) is 77.6 Å². The van der Waals surface area contributed by atoms with Crippen LogP contribution in [0.2, 0.25) is 0 Å². The number of unbranched alkanes of at least 4 members (excludes halogenated alkanes) is 7. The second-order valence-corrected chi connectivity index (χ2v) is 6.31. The molecule has 0 aromatic carbocycles. The highest BCUT2D eigenvalue weighted by Crippen LogP contribution is 2.09. The fourth-order valence-corrected chi connectivity index (χ4v) is 2.51. The van der Waals surface area contributed by atoms with Crippen molar-refractivity contribution in [2.45, 2.75) is 83.6 Å². The fraction of sp³-hybridized carbons (Fsp3) is 0.824. The van der Waals surface area contributed by atoms with Gasteiger partial charge in [-0.25, -0.2) is 15.1 Å².